The van der Waals surface area contributed by atoms with Gasteiger partial charge in [0.25, 0.3) is 0 Å². The highest BCUT2D eigenvalue weighted by Gasteiger charge is 2.35. The summed E-state index contributed by atoms with van der Waals surface area (Å²) >= 11 is 0. The fourth-order valence-corrected chi connectivity index (χ4v) is 5.84. The molecule has 1 fully saturated rings. The van der Waals surface area contributed by atoms with Crippen molar-refractivity contribution in [2.75, 3.05) is 18.4 Å². The summed E-state index contributed by atoms with van der Waals surface area (Å²) in [5.74, 6) is -0.559. The lowest BCUT2D eigenvalue weighted by Crippen LogP contribution is -2.44. The summed E-state index contributed by atoms with van der Waals surface area (Å²) in [6.45, 7) is -2.41. The third-order valence-corrected chi connectivity index (χ3v) is 7.76. The zero-order chi connectivity index (χ0) is 22.7. The predicted octanol–water partition coefficient (Wildman–Crippen LogP) is 4.26. The molecule has 170 valence electrons. The van der Waals surface area contributed by atoms with Crippen LogP contribution in [0.4, 0.5) is 14.5 Å². The number of sulfonamides is 1. The summed E-state index contributed by atoms with van der Waals surface area (Å²) in [7, 11) is -3.73. The second kappa shape index (κ2) is 9.38. The molecule has 9 heteroatoms. The Kier molecular flexibility index (Phi) is 6.57. The van der Waals surface area contributed by atoms with Crippen molar-refractivity contribution < 1.29 is 26.7 Å². The van der Waals surface area contributed by atoms with Gasteiger partial charge in [0.15, 0.2) is 0 Å². The summed E-state index contributed by atoms with van der Waals surface area (Å²) in [5, 5.41) is 2.85. The van der Waals surface area contributed by atoms with E-state index in [1.807, 2.05) is 18.2 Å². The predicted molar refractivity (Wildman–Crippen MR) is 118 cm³/mol. The van der Waals surface area contributed by atoms with Crippen molar-refractivity contribution in [3.05, 3.63) is 64.6 Å². The number of halogens is 2. The number of benzene rings is 2. The van der Waals surface area contributed by atoms with Gasteiger partial charge in [-0.3, -0.25) is 4.79 Å². The number of aryl methyl sites for hydroxylation is 1. The van der Waals surface area contributed by atoms with Crippen LogP contribution in [0.15, 0.2) is 53.4 Å². The van der Waals surface area contributed by atoms with Crippen molar-refractivity contribution in [2.24, 2.45) is 5.92 Å². The number of ether oxygens (including phenoxy) is 1. The van der Waals surface area contributed by atoms with Crippen LogP contribution in [0.5, 0.6) is 5.75 Å². The van der Waals surface area contributed by atoms with E-state index in [1.54, 1.807) is 24.3 Å². The third kappa shape index (κ3) is 4.99. The van der Waals surface area contributed by atoms with E-state index < -0.39 is 22.6 Å². The molecule has 1 amide bonds. The summed E-state index contributed by atoms with van der Waals surface area (Å²) < 4.78 is 57.3. The first-order valence-electron chi connectivity index (χ1n) is 10.5. The number of piperidine rings is 1. The monoisotopic (exact) mass is 462 g/mol. The second-order valence-corrected chi connectivity index (χ2v) is 9.90. The Bertz CT molecular complexity index is 1120. The molecular formula is C23H24F2N2O4S. The number of fused-ring (bicyclic) bond motifs is 1. The normalized spacial score (nSPS) is 19.2. The fourth-order valence-electron chi connectivity index (χ4n) is 4.13. The largest absolute Gasteiger partial charge is 0.435 e. The van der Waals surface area contributed by atoms with Crippen LogP contribution in [0.25, 0.3) is 6.08 Å². The number of rotatable bonds is 6. The first-order valence-corrected chi connectivity index (χ1v) is 11.9. The Labute approximate surface area is 185 Å². The van der Waals surface area contributed by atoms with Crippen molar-refractivity contribution in [1.29, 1.82) is 0 Å². The molecule has 4 rings (SSSR count). The van der Waals surface area contributed by atoms with Gasteiger partial charge >= 0.3 is 6.61 Å². The zero-order valence-electron chi connectivity index (χ0n) is 17.3. The molecule has 0 bridgehead atoms. The maximum absolute atomic E-state index is 13.3. The quantitative estimate of drug-likeness (QED) is 0.696. The van der Waals surface area contributed by atoms with Crippen molar-refractivity contribution >= 4 is 27.7 Å². The molecule has 1 saturated heterocycles. The number of amides is 1. The number of carbonyl (C=O) groups is 1. The molecule has 2 aromatic carbocycles. The molecule has 1 atom stereocenters. The van der Waals surface area contributed by atoms with Crippen LogP contribution in [0.1, 0.15) is 30.4 Å². The second-order valence-electron chi connectivity index (χ2n) is 7.91. The van der Waals surface area contributed by atoms with E-state index in [0.29, 0.717) is 37.1 Å². The van der Waals surface area contributed by atoms with E-state index in [2.05, 4.69) is 10.1 Å². The zero-order valence-corrected chi connectivity index (χ0v) is 18.2. The average Bonchev–Trinajstić information content (AvgIpc) is 2.79. The first-order chi connectivity index (χ1) is 15.3. The lowest BCUT2D eigenvalue weighted by atomic mass is 9.97. The molecule has 2 aromatic rings. The smallest absolute Gasteiger partial charge is 0.387 e. The lowest BCUT2D eigenvalue weighted by molar-refractivity contribution is -0.120. The van der Waals surface area contributed by atoms with E-state index in [4.69, 9.17) is 0 Å². The van der Waals surface area contributed by atoms with Gasteiger partial charge in [-0.2, -0.15) is 13.1 Å². The van der Waals surface area contributed by atoms with Crippen molar-refractivity contribution in [2.45, 2.75) is 32.3 Å². The molecule has 1 N–H and O–H groups in total. The number of nitrogens with one attached hydrogen (secondary N) is 1. The molecule has 0 saturated carbocycles. The number of allylic oxidation sites excluding steroid dienone is 1. The Hall–Kier alpha value is -2.78. The first kappa shape index (κ1) is 22.4. The number of hydrogen-bond donors (Lipinski definition) is 1. The van der Waals surface area contributed by atoms with Gasteiger partial charge in [0.1, 0.15) is 5.75 Å². The van der Waals surface area contributed by atoms with E-state index in [1.165, 1.54) is 16.4 Å². The van der Waals surface area contributed by atoms with Gasteiger partial charge in [-0.25, -0.2) is 8.42 Å². The van der Waals surface area contributed by atoms with Crippen LogP contribution in [-0.2, 0) is 21.2 Å². The van der Waals surface area contributed by atoms with Gasteiger partial charge in [-0.1, -0.05) is 24.3 Å². The van der Waals surface area contributed by atoms with Crippen LogP contribution in [0.2, 0.25) is 0 Å². The van der Waals surface area contributed by atoms with Crippen molar-refractivity contribution in [3.8, 4) is 5.75 Å². The Balaban J connectivity index is 1.48. The molecule has 32 heavy (non-hydrogen) atoms. The molecule has 0 radical (unpaired) electrons. The highest BCUT2D eigenvalue weighted by molar-refractivity contribution is 7.93. The fraction of sp³-hybridized carbons (Fsp3) is 0.348. The molecule has 0 aromatic heterocycles. The summed E-state index contributed by atoms with van der Waals surface area (Å²) in [4.78, 5) is 13.0. The van der Waals surface area contributed by atoms with Crippen molar-refractivity contribution in [3.63, 3.8) is 0 Å². The summed E-state index contributed by atoms with van der Waals surface area (Å²) in [5.41, 5.74) is 2.12. The van der Waals surface area contributed by atoms with E-state index in [9.17, 15) is 22.0 Å². The van der Waals surface area contributed by atoms with Crippen LogP contribution in [0, 0.1) is 5.92 Å². The highest BCUT2D eigenvalue weighted by Crippen LogP contribution is 2.33. The third-order valence-electron chi connectivity index (χ3n) is 5.76. The van der Waals surface area contributed by atoms with Crippen LogP contribution in [-0.4, -0.2) is 38.3 Å². The topological polar surface area (TPSA) is 75.7 Å². The number of hydrogen-bond acceptors (Lipinski definition) is 4. The van der Waals surface area contributed by atoms with Gasteiger partial charge < -0.3 is 10.1 Å². The summed E-state index contributed by atoms with van der Waals surface area (Å²) in [6.07, 6.45) is 3.50. The lowest BCUT2D eigenvalue weighted by Gasteiger charge is -2.32. The summed E-state index contributed by atoms with van der Waals surface area (Å²) in [6, 6.07) is 13.6. The van der Waals surface area contributed by atoms with Gasteiger partial charge in [0.2, 0.25) is 15.9 Å². The number of nitrogens with zero attached hydrogens (tertiary/aromatic N) is 1. The molecule has 1 heterocycles. The Morgan fingerprint density at radius 3 is 2.66 bits per heavy atom. The van der Waals surface area contributed by atoms with Crippen LogP contribution < -0.4 is 10.1 Å². The van der Waals surface area contributed by atoms with E-state index in [0.717, 1.165) is 5.56 Å². The number of anilines is 1. The highest BCUT2D eigenvalue weighted by atomic mass is 32.2. The number of alkyl halides is 2. The van der Waals surface area contributed by atoms with Crippen LogP contribution in [0.3, 0.4) is 0 Å². The average molecular weight is 463 g/mol. The molecule has 6 nitrogen and oxygen atoms in total. The Morgan fingerprint density at radius 1 is 1.12 bits per heavy atom. The molecule has 1 aliphatic heterocycles. The molecule has 2 aliphatic rings. The Morgan fingerprint density at radius 2 is 1.91 bits per heavy atom. The number of carbonyl (C=O) groups excluding carboxylic acids is 1. The maximum atomic E-state index is 13.3. The minimum atomic E-state index is -3.73. The number of para-hydroxylation sites is 1. The standard InChI is InChI=1S/C23H24F2N2O4S/c24-23(25)31-20-10-8-17-14-21(11-9-16(17)13-20)32(29,30)27-12-4-5-18(15-27)22(28)26-19-6-2-1-3-7-19/h1-3,6-8,10,13-14,18,23H,4-5,9,11-12,15H2,(H,26,28). The van der Waals surface area contributed by atoms with Crippen molar-refractivity contribution in [1.82, 2.24) is 4.31 Å². The molecule has 0 spiro atoms. The minimum Gasteiger partial charge on any atom is -0.435 e. The van der Waals surface area contributed by atoms with Gasteiger partial charge in [0, 0.05) is 18.8 Å². The molecular weight excluding hydrogens is 438 g/mol. The van der Waals surface area contributed by atoms with E-state index >= 15 is 0 Å². The van der Waals surface area contributed by atoms with Gasteiger partial charge in [-0.15, -0.1) is 0 Å². The van der Waals surface area contributed by atoms with E-state index in [-0.39, 0.29) is 29.5 Å². The maximum Gasteiger partial charge on any atom is 0.387 e. The van der Waals surface area contributed by atoms with Crippen LogP contribution >= 0.6 is 0 Å². The minimum absolute atomic E-state index is 0.0572. The molecule has 1 aliphatic carbocycles. The van der Waals surface area contributed by atoms with Gasteiger partial charge in [0.05, 0.1) is 10.8 Å². The molecule has 1 unspecified atom stereocenters. The SMILES string of the molecule is O=C(Nc1ccccc1)C1CCCN(S(=O)(=O)C2=Cc3ccc(OC(F)F)cc3CC2)C1. The van der Waals surface area contributed by atoms with Gasteiger partial charge in [-0.05, 0) is 67.2 Å².